The van der Waals surface area contributed by atoms with E-state index in [1.807, 2.05) is 37.8 Å². The number of aliphatic carboxylic acids is 1. The van der Waals surface area contributed by atoms with E-state index in [2.05, 4.69) is 28.9 Å². The third kappa shape index (κ3) is 7.33. The first-order chi connectivity index (χ1) is 11.5. The summed E-state index contributed by atoms with van der Waals surface area (Å²) in [6.45, 7) is 11.0. The number of allylic oxidation sites excluding steroid dienone is 6. The number of carboxylic acid groups (broad SMARTS) is 1. The second kappa shape index (κ2) is 10.5. The first-order valence-corrected chi connectivity index (χ1v) is 8.15. The van der Waals surface area contributed by atoms with E-state index in [1.165, 1.54) is 5.57 Å². The van der Waals surface area contributed by atoms with Crippen LogP contribution in [0.2, 0.25) is 0 Å². The summed E-state index contributed by atoms with van der Waals surface area (Å²) in [5.41, 5.74) is 3.82. The molecule has 0 saturated carbocycles. The summed E-state index contributed by atoms with van der Waals surface area (Å²) in [5, 5.41) is 17.3. The molecule has 0 saturated heterocycles. The maximum absolute atomic E-state index is 10.8. The molecule has 5 nitrogen and oxygen atoms in total. The van der Waals surface area contributed by atoms with E-state index in [0.29, 0.717) is 6.54 Å². The normalized spacial score (nSPS) is 18.5. The van der Waals surface area contributed by atoms with E-state index >= 15 is 0 Å². The van der Waals surface area contributed by atoms with E-state index < -0.39 is 5.97 Å². The molecule has 0 aliphatic carbocycles. The third-order valence-corrected chi connectivity index (χ3v) is 3.67. The van der Waals surface area contributed by atoms with Crippen molar-refractivity contribution in [2.75, 3.05) is 19.6 Å². The number of nitrogens with zero attached hydrogens (tertiary/aromatic N) is 3. The zero-order chi connectivity index (χ0) is 17.9. The van der Waals surface area contributed by atoms with Gasteiger partial charge in [0.1, 0.15) is 0 Å². The van der Waals surface area contributed by atoms with Gasteiger partial charge in [-0.05, 0) is 51.8 Å². The lowest BCUT2D eigenvalue weighted by Gasteiger charge is -2.15. The van der Waals surface area contributed by atoms with Gasteiger partial charge >= 0.3 is 5.97 Å². The van der Waals surface area contributed by atoms with Gasteiger partial charge in [-0.2, -0.15) is 10.2 Å². The van der Waals surface area contributed by atoms with E-state index in [1.54, 1.807) is 6.08 Å². The van der Waals surface area contributed by atoms with Gasteiger partial charge in [0.05, 0.1) is 18.0 Å². The SMILES string of the molecule is C=C\C(C)=N/N=C(C)/C(/C=C\C)=C/C1=CCN(CC(=O)O)CCC1. The molecule has 24 heavy (non-hydrogen) atoms. The maximum atomic E-state index is 10.8. The molecule has 130 valence electrons. The fourth-order valence-electron chi connectivity index (χ4n) is 2.32. The van der Waals surface area contributed by atoms with Crippen LogP contribution in [-0.2, 0) is 4.79 Å². The highest BCUT2D eigenvalue weighted by molar-refractivity contribution is 6.02. The molecule has 0 fully saturated rings. The standard InChI is InChI=1S/C19H27N3O2/c1-5-8-18(16(4)21-20-15(3)6-2)13-17-9-7-11-22(12-10-17)14-19(23)24/h5-6,8,10,13H,2,7,9,11-12,14H2,1,3-4H3,(H,23,24)/b8-5-,18-13+,20-15-,21-16+. The molecule has 0 amide bonds. The highest BCUT2D eigenvalue weighted by Gasteiger charge is 2.12. The molecule has 1 aliphatic heterocycles. The van der Waals surface area contributed by atoms with Gasteiger partial charge in [-0.3, -0.25) is 9.69 Å². The Morgan fingerprint density at radius 3 is 2.79 bits per heavy atom. The van der Waals surface area contributed by atoms with Gasteiger partial charge in [-0.25, -0.2) is 0 Å². The Balaban J connectivity index is 2.96. The molecule has 0 aromatic rings. The smallest absolute Gasteiger partial charge is 0.317 e. The van der Waals surface area contributed by atoms with Crippen LogP contribution in [0, 0.1) is 0 Å². The molecule has 0 aromatic heterocycles. The molecule has 1 heterocycles. The van der Waals surface area contributed by atoms with Crippen molar-refractivity contribution in [1.29, 1.82) is 0 Å². The van der Waals surface area contributed by atoms with Gasteiger partial charge in [-0.1, -0.05) is 36.5 Å². The van der Waals surface area contributed by atoms with Crippen molar-refractivity contribution < 1.29 is 9.90 Å². The molecular formula is C19H27N3O2. The minimum atomic E-state index is -0.782. The average molecular weight is 329 g/mol. The second-order valence-corrected chi connectivity index (χ2v) is 5.74. The summed E-state index contributed by atoms with van der Waals surface area (Å²) in [6.07, 6.45) is 11.7. The van der Waals surface area contributed by atoms with Crippen LogP contribution in [0.15, 0.2) is 58.3 Å². The van der Waals surface area contributed by atoms with Gasteiger partial charge in [0.15, 0.2) is 0 Å². The summed E-state index contributed by atoms with van der Waals surface area (Å²) >= 11 is 0. The molecule has 0 bridgehead atoms. The molecule has 0 atom stereocenters. The molecule has 0 unspecified atom stereocenters. The first kappa shape index (κ1) is 19.8. The van der Waals surface area contributed by atoms with Gasteiger partial charge in [0, 0.05) is 6.54 Å². The van der Waals surface area contributed by atoms with Gasteiger partial charge in [0.2, 0.25) is 0 Å². The van der Waals surface area contributed by atoms with Crippen molar-refractivity contribution in [2.45, 2.75) is 33.6 Å². The summed E-state index contributed by atoms with van der Waals surface area (Å²) in [5.74, 6) is -0.782. The Morgan fingerprint density at radius 1 is 1.42 bits per heavy atom. The van der Waals surface area contributed by atoms with Crippen LogP contribution in [0.3, 0.4) is 0 Å². The summed E-state index contributed by atoms with van der Waals surface area (Å²) in [4.78, 5) is 12.8. The average Bonchev–Trinajstić information content (AvgIpc) is 2.76. The minimum absolute atomic E-state index is 0.0885. The Hall–Kier alpha value is -2.27. The lowest BCUT2D eigenvalue weighted by atomic mass is 10.0. The van der Waals surface area contributed by atoms with Gasteiger partial charge in [-0.15, -0.1) is 0 Å². The second-order valence-electron chi connectivity index (χ2n) is 5.74. The Kier molecular flexibility index (Phi) is 8.65. The van der Waals surface area contributed by atoms with Crippen LogP contribution in [0.5, 0.6) is 0 Å². The van der Waals surface area contributed by atoms with Crippen LogP contribution in [0.1, 0.15) is 33.6 Å². The van der Waals surface area contributed by atoms with E-state index in [0.717, 1.165) is 36.4 Å². The number of hydrogen-bond donors (Lipinski definition) is 1. The van der Waals surface area contributed by atoms with Crippen molar-refractivity contribution in [3.05, 3.63) is 48.1 Å². The predicted molar refractivity (Wildman–Crippen MR) is 101 cm³/mol. The molecule has 0 radical (unpaired) electrons. The fourth-order valence-corrected chi connectivity index (χ4v) is 2.32. The van der Waals surface area contributed by atoms with E-state index in [-0.39, 0.29) is 6.54 Å². The summed E-state index contributed by atoms with van der Waals surface area (Å²) < 4.78 is 0. The van der Waals surface area contributed by atoms with Crippen LogP contribution < -0.4 is 0 Å². The number of carboxylic acids is 1. The van der Waals surface area contributed by atoms with Crippen molar-refractivity contribution in [1.82, 2.24) is 4.90 Å². The fraction of sp³-hybridized carbons (Fsp3) is 0.421. The van der Waals surface area contributed by atoms with Crippen LogP contribution in [0.4, 0.5) is 0 Å². The van der Waals surface area contributed by atoms with Crippen molar-refractivity contribution in [3.8, 4) is 0 Å². The highest BCUT2D eigenvalue weighted by atomic mass is 16.4. The van der Waals surface area contributed by atoms with Crippen molar-refractivity contribution in [2.24, 2.45) is 10.2 Å². The molecule has 5 heteroatoms. The van der Waals surface area contributed by atoms with E-state index in [9.17, 15) is 4.79 Å². The van der Waals surface area contributed by atoms with Crippen LogP contribution in [-0.4, -0.2) is 47.0 Å². The maximum Gasteiger partial charge on any atom is 0.317 e. The third-order valence-electron chi connectivity index (χ3n) is 3.67. The van der Waals surface area contributed by atoms with Crippen LogP contribution >= 0.6 is 0 Å². The van der Waals surface area contributed by atoms with Crippen LogP contribution in [0.25, 0.3) is 0 Å². The minimum Gasteiger partial charge on any atom is -0.480 e. The molecule has 1 N–H and O–H groups in total. The quantitative estimate of drug-likeness (QED) is 0.441. The largest absolute Gasteiger partial charge is 0.480 e. The number of carbonyl (C=O) groups is 1. The van der Waals surface area contributed by atoms with Crippen molar-refractivity contribution >= 4 is 17.4 Å². The molecule has 1 aliphatic rings. The molecule has 0 aromatic carbocycles. The van der Waals surface area contributed by atoms with Gasteiger partial charge < -0.3 is 5.11 Å². The summed E-state index contributed by atoms with van der Waals surface area (Å²) in [7, 11) is 0. The zero-order valence-corrected chi connectivity index (χ0v) is 14.8. The van der Waals surface area contributed by atoms with Crippen molar-refractivity contribution in [3.63, 3.8) is 0 Å². The highest BCUT2D eigenvalue weighted by Crippen LogP contribution is 2.16. The monoisotopic (exact) mass is 329 g/mol. The molecular weight excluding hydrogens is 302 g/mol. The predicted octanol–water partition coefficient (Wildman–Crippen LogP) is 3.62. The topological polar surface area (TPSA) is 65.3 Å². The Morgan fingerprint density at radius 2 is 2.17 bits per heavy atom. The lowest BCUT2D eigenvalue weighted by Crippen LogP contribution is -2.30. The molecule has 0 spiro atoms. The molecule has 1 rings (SSSR count). The lowest BCUT2D eigenvalue weighted by molar-refractivity contribution is -0.138. The van der Waals surface area contributed by atoms with Gasteiger partial charge in [0.25, 0.3) is 0 Å². The Bertz CT molecular complexity index is 610. The zero-order valence-electron chi connectivity index (χ0n) is 14.8. The van der Waals surface area contributed by atoms with E-state index in [4.69, 9.17) is 5.11 Å². The first-order valence-electron chi connectivity index (χ1n) is 8.15. The number of hydrogen-bond acceptors (Lipinski definition) is 4. The summed E-state index contributed by atoms with van der Waals surface area (Å²) in [6, 6.07) is 0. The number of rotatable bonds is 7. The Labute approximate surface area is 144 Å².